The molecule has 1 aromatic rings. The van der Waals surface area contributed by atoms with Crippen molar-refractivity contribution < 1.29 is 18.3 Å². The fourth-order valence-electron chi connectivity index (χ4n) is 1.02. The SMILES string of the molecule is COC(=O)Cc1cnc(C(F)F)c(Br)c1Br. The third kappa shape index (κ3) is 2.98. The number of hydrogen-bond donors (Lipinski definition) is 0. The zero-order valence-electron chi connectivity index (χ0n) is 8.14. The van der Waals surface area contributed by atoms with Gasteiger partial charge in [-0.3, -0.25) is 9.78 Å². The largest absolute Gasteiger partial charge is 0.469 e. The van der Waals surface area contributed by atoms with Gasteiger partial charge in [0.1, 0.15) is 5.69 Å². The Morgan fingerprint density at radius 3 is 2.62 bits per heavy atom. The average Bonchev–Trinajstić information content (AvgIpc) is 2.24. The molecule has 0 spiro atoms. The van der Waals surface area contributed by atoms with Crippen molar-refractivity contribution in [3.63, 3.8) is 0 Å². The first kappa shape index (κ1) is 13.5. The Morgan fingerprint density at radius 2 is 2.12 bits per heavy atom. The van der Waals surface area contributed by atoms with E-state index in [4.69, 9.17) is 0 Å². The van der Waals surface area contributed by atoms with E-state index in [0.717, 1.165) is 0 Å². The zero-order valence-corrected chi connectivity index (χ0v) is 11.3. The summed E-state index contributed by atoms with van der Waals surface area (Å²) in [7, 11) is 1.26. The Hall–Kier alpha value is -0.560. The van der Waals surface area contributed by atoms with E-state index in [-0.39, 0.29) is 16.6 Å². The van der Waals surface area contributed by atoms with E-state index in [1.54, 1.807) is 0 Å². The number of rotatable bonds is 3. The molecule has 0 aliphatic carbocycles. The fourth-order valence-corrected chi connectivity index (χ4v) is 1.99. The topological polar surface area (TPSA) is 39.2 Å². The Morgan fingerprint density at radius 1 is 1.50 bits per heavy atom. The van der Waals surface area contributed by atoms with Gasteiger partial charge in [-0.15, -0.1) is 0 Å². The lowest BCUT2D eigenvalue weighted by Crippen LogP contribution is -2.06. The minimum atomic E-state index is -2.67. The molecule has 0 bridgehead atoms. The van der Waals surface area contributed by atoms with Crippen molar-refractivity contribution in [2.75, 3.05) is 7.11 Å². The van der Waals surface area contributed by atoms with Gasteiger partial charge in [0, 0.05) is 10.7 Å². The molecule has 0 N–H and O–H groups in total. The van der Waals surface area contributed by atoms with Gasteiger partial charge in [-0.05, 0) is 37.4 Å². The molecule has 0 unspecified atom stereocenters. The quantitative estimate of drug-likeness (QED) is 0.778. The van der Waals surface area contributed by atoms with Crippen LogP contribution in [0.4, 0.5) is 8.78 Å². The maximum Gasteiger partial charge on any atom is 0.310 e. The normalized spacial score (nSPS) is 10.6. The van der Waals surface area contributed by atoms with Crippen molar-refractivity contribution in [2.45, 2.75) is 12.8 Å². The molecule has 0 fully saturated rings. The molecule has 7 heteroatoms. The van der Waals surface area contributed by atoms with Crippen LogP contribution in [0.2, 0.25) is 0 Å². The fraction of sp³-hybridized carbons (Fsp3) is 0.333. The lowest BCUT2D eigenvalue weighted by atomic mass is 10.2. The third-order valence-electron chi connectivity index (χ3n) is 1.83. The lowest BCUT2D eigenvalue weighted by molar-refractivity contribution is -0.139. The minimum absolute atomic E-state index is 0.0216. The molecule has 0 aliphatic rings. The van der Waals surface area contributed by atoms with Crippen LogP contribution in [0.25, 0.3) is 0 Å². The Kier molecular flexibility index (Phi) is 4.79. The van der Waals surface area contributed by atoms with E-state index < -0.39 is 12.4 Å². The highest BCUT2D eigenvalue weighted by Gasteiger charge is 2.19. The molecule has 0 atom stereocenters. The molecule has 0 radical (unpaired) electrons. The monoisotopic (exact) mass is 357 g/mol. The van der Waals surface area contributed by atoms with Crippen LogP contribution in [0.1, 0.15) is 17.7 Å². The van der Waals surface area contributed by atoms with E-state index in [1.807, 2.05) is 0 Å². The molecule has 3 nitrogen and oxygen atoms in total. The summed E-state index contributed by atoms with van der Waals surface area (Å²) in [5.41, 5.74) is 0.128. The molecular weight excluding hydrogens is 352 g/mol. The van der Waals surface area contributed by atoms with Crippen molar-refractivity contribution in [3.05, 3.63) is 26.4 Å². The van der Waals surface area contributed by atoms with Crippen molar-refractivity contribution in [1.29, 1.82) is 0 Å². The second-order valence-corrected chi connectivity index (χ2v) is 4.44. The molecule has 88 valence electrons. The van der Waals surface area contributed by atoms with Crippen LogP contribution in [0, 0.1) is 0 Å². The molecule has 0 saturated heterocycles. The van der Waals surface area contributed by atoms with Gasteiger partial charge in [0.2, 0.25) is 0 Å². The highest BCUT2D eigenvalue weighted by molar-refractivity contribution is 9.13. The van der Waals surface area contributed by atoms with Gasteiger partial charge in [-0.1, -0.05) is 0 Å². The number of methoxy groups -OCH3 is 1. The van der Waals surface area contributed by atoms with Crippen molar-refractivity contribution >= 4 is 37.8 Å². The van der Waals surface area contributed by atoms with Crippen LogP contribution in [-0.2, 0) is 16.0 Å². The summed E-state index contributed by atoms with van der Waals surface area (Å²) in [5, 5.41) is 0. The number of esters is 1. The predicted octanol–water partition coefficient (Wildman–Crippen LogP) is 3.26. The van der Waals surface area contributed by atoms with Gasteiger partial charge in [-0.25, -0.2) is 8.78 Å². The van der Waals surface area contributed by atoms with Gasteiger partial charge < -0.3 is 4.74 Å². The molecule has 0 amide bonds. The summed E-state index contributed by atoms with van der Waals surface area (Å²) in [4.78, 5) is 14.6. The summed E-state index contributed by atoms with van der Waals surface area (Å²) in [6, 6.07) is 0. The highest BCUT2D eigenvalue weighted by Crippen LogP contribution is 2.33. The number of ether oxygens (including phenoxy) is 1. The molecule has 0 aliphatic heterocycles. The first-order valence-corrected chi connectivity index (χ1v) is 5.73. The molecule has 0 aromatic carbocycles. The van der Waals surface area contributed by atoms with E-state index in [1.165, 1.54) is 13.3 Å². The van der Waals surface area contributed by atoms with Gasteiger partial charge >= 0.3 is 5.97 Å². The molecule has 0 saturated carbocycles. The number of pyridine rings is 1. The van der Waals surface area contributed by atoms with Crippen molar-refractivity contribution in [2.24, 2.45) is 0 Å². The number of carbonyl (C=O) groups is 1. The smallest absolute Gasteiger partial charge is 0.310 e. The van der Waals surface area contributed by atoms with Crippen molar-refractivity contribution in [1.82, 2.24) is 4.98 Å². The second-order valence-electron chi connectivity index (χ2n) is 2.85. The summed E-state index contributed by atoms with van der Waals surface area (Å²) < 4.78 is 30.0. The van der Waals surface area contributed by atoms with Crippen LogP contribution in [0.5, 0.6) is 0 Å². The Bertz CT molecular complexity index is 413. The minimum Gasteiger partial charge on any atom is -0.469 e. The number of aromatic nitrogens is 1. The maximum absolute atomic E-state index is 12.5. The van der Waals surface area contributed by atoms with Crippen LogP contribution in [0.3, 0.4) is 0 Å². The van der Waals surface area contributed by atoms with E-state index in [0.29, 0.717) is 10.0 Å². The number of hydrogen-bond acceptors (Lipinski definition) is 3. The van der Waals surface area contributed by atoms with Gasteiger partial charge in [0.15, 0.2) is 0 Å². The van der Waals surface area contributed by atoms with Crippen LogP contribution >= 0.6 is 31.9 Å². The Balaban J connectivity index is 3.07. The van der Waals surface area contributed by atoms with Crippen molar-refractivity contribution in [3.8, 4) is 0 Å². The van der Waals surface area contributed by atoms with E-state index in [2.05, 4.69) is 41.6 Å². The van der Waals surface area contributed by atoms with Gasteiger partial charge in [-0.2, -0.15) is 0 Å². The molecular formula is C9H7Br2F2NO2. The van der Waals surface area contributed by atoms with E-state index in [9.17, 15) is 13.6 Å². The maximum atomic E-state index is 12.5. The van der Waals surface area contributed by atoms with Crippen LogP contribution in [0.15, 0.2) is 15.1 Å². The Labute approximate surface area is 107 Å². The van der Waals surface area contributed by atoms with Gasteiger partial charge in [0.05, 0.1) is 18.0 Å². The third-order valence-corrected chi connectivity index (χ3v) is 4.07. The summed E-state index contributed by atoms with van der Waals surface area (Å²) in [6.45, 7) is 0. The van der Waals surface area contributed by atoms with Gasteiger partial charge in [0.25, 0.3) is 6.43 Å². The average molecular weight is 359 g/mol. The predicted molar refractivity (Wildman–Crippen MR) is 60.3 cm³/mol. The lowest BCUT2D eigenvalue weighted by Gasteiger charge is -2.08. The number of alkyl halides is 2. The summed E-state index contributed by atoms with van der Waals surface area (Å²) in [5.74, 6) is -0.459. The summed E-state index contributed by atoms with van der Waals surface area (Å²) >= 11 is 6.13. The second kappa shape index (κ2) is 5.67. The first-order chi connectivity index (χ1) is 7.47. The molecule has 16 heavy (non-hydrogen) atoms. The van der Waals surface area contributed by atoms with E-state index >= 15 is 0 Å². The molecule has 1 aromatic heterocycles. The summed E-state index contributed by atoms with van der Waals surface area (Å²) in [6.07, 6.45) is -1.46. The number of nitrogens with zero attached hydrogens (tertiary/aromatic N) is 1. The standard InChI is InChI=1S/C9H7Br2F2NO2/c1-16-5(15)2-4-3-14-8(9(12)13)7(11)6(4)10/h3,9H,2H2,1H3. The van der Waals surface area contributed by atoms with Crippen LogP contribution in [-0.4, -0.2) is 18.1 Å². The molecule has 1 rings (SSSR count). The number of carbonyl (C=O) groups excluding carboxylic acids is 1. The first-order valence-electron chi connectivity index (χ1n) is 4.15. The molecule has 1 heterocycles. The highest BCUT2D eigenvalue weighted by atomic mass is 79.9. The number of halogens is 4. The zero-order chi connectivity index (χ0) is 12.3. The van der Waals surface area contributed by atoms with Crippen LogP contribution < -0.4 is 0 Å².